The molecule has 1 N–H and O–H groups in total. The molecule has 3 nitrogen and oxygen atoms in total. The fraction of sp³-hybridized carbons (Fsp3) is 0.269. The van der Waals surface area contributed by atoms with Crippen LogP contribution in [0.3, 0.4) is 0 Å². The third kappa shape index (κ3) is 5.05. The van der Waals surface area contributed by atoms with Crippen LogP contribution in [0, 0.1) is 5.92 Å². The Hall–Kier alpha value is -3.07. The number of nitrogens with one attached hydrogen (secondary N) is 1. The molecule has 3 aromatic rings. The molecular weight excluding hydrogens is 356 g/mol. The molecule has 0 saturated carbocycles. The fourth-order valence-electron chi connectivity index (χ4n) is 4.09. The number of amides is 1. The number of carbonyl (C=O) groups is 1. The quantitative estimate of drug-likeness (QED) is 0.639. The van der Waals surface area contributed by atoms with Crippen molar-refractivity contribution in [2.45, 2.75) is 19.3 Å². The van der Waals surface area contributed by atoms with E-state index in [-0.39, 0.29) is 5.91 Å². The van der Waals surface area contributed by atoms with Crippen LogP contribution in [0.1, 0.15) is 27.9 Å². The van der Waals surface area contributed by atoms with Gasteiger partial charge in [0.25, 0.3) is 5.91 Å². The largest absolute Gasteiger partial charge is 0.371 e. The summed E-state index contributed by atoms with van der Waals surface area (Å²) >= 11 is 0. The first-order chi connectivity index (χ1) is 14.3. The summed E-state index contributed by atoms with van der Waals surface area (Å²) in [5.74, 6) is 0.544. The van der Waals surface area contributed by atoms with Crippen molar-refractivity contribution < 1.29 is 4.79 Å². The smallest absolute Gasteiger partial charge is 0.251 e. The number of anilines is 1. The third-order valence-corrected chi connectivity index (χ3v) is 5.75. The van der Waals surface area contributed by atoms with Crippen LogP contribution in [-0.2, 0) is 12.8 Å². The number of nitrogens with zero attached hydrogens (tertiary/aromatic N) is 1. The van der Waals surface area contributed by atoms with Gasteiger partial charge in [0.1, 0.15) is 0 Å². The first kappa shape index (κ1) is 19.3. The molecule has 1 amide bonds. The van der Waals surface area contributed by atoms with Gasteiger partial charge < -0.3 is 10.2 Å². The molecule has 1 heterocycles. The molecule has 1 saturated heterocycles. The minimum atomic E-state index is 0.0480. The van der Waals surface area contributed by atoms with Crippen molar-refractivity contribution in [3.05, 3.63) is 102 Å². The van der Waals surface area contributed by atoms with E-state index in [1.165, 1.54) is 11.3 Å². The van der Waals surface area contributed by atoms with Gasteiger partial charge >= 0.3 is 0 Å². The van der Waals surface area contributed by atoms with Gasteiger partial charge in [0.15, 0.2) is 0 Å². The molecule has 148 valence electrons. The summed E-state index contributed by atoms with van der Waals surface area (Å²) in [4.78, 5) is 15.3. The highest BCUT2D eigenvalue weighted by Gasteiger charge is 2.23. The summed E-state index contributed by atoms with van der Waals surface area (Å²) in [5, 5.41) is 3.19. The molecule has 1 aliphatic rings. The normalized spacial score (nSPS) is 16.0. The van der Waals surface area contributed by atoms with Crippen molar-refractivity contribution in [3.63, 3.8) is 0 Å². The highest BCUT2D eigenvalue weighted by atomic mass is 16.1. The van der Waals surface area contributed by atoms with Crippen molar-refractivity contribution in [1.82, 2.24) is 5.32 Å². The Bertz CT molecular complexity index is 924. The molecular formula is C26H28N2O. The molecule has 1 fully saturated rings. The second-order valence-electron chi connectivity index (χ2n) is 7.79. The number of benzene rings is 3. The predicted octanol–water partition coefficient (Wildman–Crippen LogP) is 4.73. The summed E-state index contributed by atoms with van der Waals surface area (Å²) in [7, 11) is 0. The molecule has 3 aromatic carbocycles. The van der Waals surface area contributed by atoms with Crippen LogP contribution in [-0.4, -0.2) is 25.5 Å². The minimum Gasteiger partial charge on any atom is -0.371 e. The van der Waals surface area contributed by atoms with Crippen molar-refractivity contribution in [2.75, 3.05) is 24.5 Å². The van der Waals surface area contributed by atoms with E-state index >= 15 is 0 Å². The summed E-state index contributed by atoms with van der Waals surface area (Å²) in [5.41, 5.74) is 4.50. The maximum absolute atomic E-state index is 12.9. The number of hydrogen-bond acceptors (Lipinski definition) is 2. The van der Waals surface area contributed by atoms with Crippen LogP contribution in [0.4, 0.5) is 5.69 Å². The highest BCUT2D eigenvalue weighted by molar-refractivity contribution is 5.95. The van der Waals surface area contributed by atoms with Crippen LogP contribution in [0.15, 0.2) is 84.9 Å². The molecule has 0 spiro atoms. The van der Waals surface area contributed by atoms with E-state index in [1.54, 1.807) is 0 Å². The zero-order valence-electron chi connectivity index (χ0n) is 16.8. The van der Waals surface area contributed by atoms with Crippen molar-refractivity contribution >= 4 is 11.6 Å². The Kier molecular flexibility index (Phi) is 6.25. The van der Waals surface area contributed by atoms with Gasteiger partial charge in [-0.2, -0.15) is 0 Å². The third-order valence-electron chi connectivity index (χ3n) is 5.75. The summed E-state index contributed by atoms with van der Waals surface area (Å²) in [6, 6.07) is 29.0. The van der Waals surface area contributed by atoms with Crippen LogP contribution in [0.2, 0.25) is 0 Å². The Labute approximate surface area is 173 Å². The van der Waals surface area contributed by atoms with Gasteiger partial charge in [0.2, 0.25) is 0 Å². The maximum atomic E-state index is 12.9. The average molecular weight is 385 g/mol. The lowest BCUT2D eigenvalue weighted by Gasteiger charge is -2.19. The molecule has 1 aliphatic heterocycles. The average Bonchev–Trinajstić information content (AvgIpc) is 3.27. The van der Waals surface area contributed by atoms with E-state index in [4.69, 9.17) is 0 Å². The number of carbonyl (C=O) groups excluding carboxylic acids is 1. The zero-order valence-corrected chi connectivity index (χ0v) is 16.8. The fourth-order valence-corrected chi connectivity index (χ4v) is 4.09. The lowest BCUT2D eigenvalue weighted by atomic mass is 9.99. The number of hydrogen-bond donors (Lipinski definition) is 1. The van der Waals surface area contributed by atoms with E-state index < -0.39 is 0 Å². The predicted molar refractivity (Wildman–Crippen MR) is 119 cm³/mol. The van der Waals surface area contributed by atoms with Gasteiger partial charge in [-0.05, 0) is 54.5 Å². The first-order valence-electron chi connectivity index (χ1n) is 10.5. The van der Waals surface area contributed by atoms with Crippen LogP contribution in [0.25, 0.3) is 0 Å². The highest BCUT2D eigenvalue weighted by Crippen LogP contribution is 2.23. The van der Waals surface area contributed by atoms with Gasteiger partial charge in [-0.1, -0.05) is 66.7 Å². The minimum absolute atomic E-state index is 0.0480. The monoisotopic (exact) mass is 384 g/mol. The maximum Gasteiger partial charge on any atom is 0.251 e. The Morgan fingerprint density at radius 3 is 2.34 bits per heavy atom. The van der Waals surface area contributed by atoms with Gasteiger partial charge in [-0.3, -0.25) is 4.79 Å². The molecule has 3 heteroatoms. The zero-order chi connectivity index (χ0) is 19.9. The Morgan fingerprint density at radius 2 is 1.55 bits per heavy atom. The van der Waals surface area contributed by atoms with E-state index in [0.717, 1.165) is 50.0 Å². The second kappa shape index (κ2) is 9.42. The van der Waals surface area contributed by atoms with Gasteiger partial charge in [0, 0.05) is 30.9 Å². The van der Waals surface area contributed by atoms with E-state index in [9.17, 15) is 4.79 Å². The van der Waals surface area contributed by atoms with E-state index in [0.29, 0.717) is 5.92 Å². The topological polar surface area (TPSA) is 32.3 Å². The van der Waals surface area contributed by atoms with Crippen molar-refractivity contribution in [1.29, 1.82) is 0 Å². The summed E-state index contributed by atoms with van der Waals surface area (Å²) in [6.07, 6.45) is 2.93. The molecule has 1 unspecified atom stereocenters. The molecule has 0 radical (unpaired) electrons. The van der Waals surface area contributed by atoms with Crippen LogP contribution < -0.4 is 10.2 Å². The molecule has 29 heavy (non-hydrogen) atoms. The lowest BCUT2D eigenvalue weighted by molar-refractivity contribution is 0.0947. The summed E-state index contributed by atoms with van der Waals surface area (Å²) < 4.78 is 0. The molecule has 0 aromatic heterocycles. The van der Waals surface area contributed by atoms with Crippen molar-refractivity contribution in [3.8, 4) is 0 Å². The molecule has 0 aliphatic carbocycles. The molecule has 1 atom stereocenters. The summed E-state index contributed by atoms with van der Waals surface area (Å²) in [6.45, 7) is 2.79. The Balaban J connectivity index is 1.32. The van der Waals surface area contributed by atoms with Gasteiger partial charge in [-0.25, -0.2) is 0 Å². The second-order valence-corrected chi connectivity index (χ2v) is 7.79. The van der Waals surface area contributed by atoms with Crippen molar-refractivity contribution in [2.24, 2.45) is 5.92 Å². The number of rotatable bonds is 7. The van der Waals surface area contributed by atoms with Crippen LogP contribution in [0.5, 0.6) is 0 Å². The number of aryl methyl sites for hydroxylation is 2. The lowest BCUT2D eigenvalue weighted by Crippen LogP contribution is -2.31. The SMILES string of the molecule is O=C(NCC1CCN(c2ccccc2)C1)c1ccccc1CCc1ccccc1. The van der Waals surface area contributed by atoms with Crippen LogP contribution >= 0.6 is 0 Å². The van der Waals surface area contributed by atoms with E-state index in [1.807, 2.05) is 30.3 Å². The van der Waals surface area contributed by atoms with Gasteiger partial charge in [0.05, 0.1) is 0 Å². The Morgan fingerprint density at radius 1 is 0.862 bits per heavy atom. The number of para-hydroxylation sites is 1. The molecule has 0 bridgehead atoms. The van der Waals surface area contributed by atoms with Gasteiger partial charge in [-0.15, -0.1) is 0 Å². The standard InChI is InChI=1S/C26H28N2O/c29-26(27-19-22-17-18-28(20-22)24-12-5-2-6-13-24)25-14-8-7-11-23(25)16-15-21-9-3-1-4-10-21/h1-14,22H,15-20H2,(H,27,29). The first-order valence-corrected chi connectivity index (χ1v) is 10.5. The van der Waals surface area contributed by atoms with E-state index in [2.05, 4.69) is 64.8 Å². The molecule has 4 rings (SSSR count).